The zero-order valence-electron chi connectivity index (χ0n) is 58.4. The maximum Gasteiger partial charge on any atom is 0.312 e. The number of unbranched alkanes of at least 4 members (excludes halogenated alkanes) is 1. The van der Waals surface area contributed by atoms with Gasteiger partial charge in [-0.1, -0.05) is 77.8 Å². The Morgan fingerprint density at radius 1 is 0.729 bits per heavy atom. The molecule has 0 radical (unpaired) electrons. The third kappa shape index (κ3) is 32.8. The van der Waals surface area contributed by atoms with Gasteiger partial charge in [0.2, 0.25) is 41.4 Å². The minimum Gasteiger partial charge on any atom is -0.481 e. The summed E-state index contributed by atoms with van der Waals surface area (Å²) in [6, 6.07) is 5.94. The number of ether oxygens (including phenoxy) is 4. The smallest absolute Gasteiger partial charge is 0.312 e. The molecule has 0 aliphatic carbocycles. The highest BCUT2D eigenvalue weighted by molar-refractivity contribution is 7.09. The first-order valence-corrected chi connectivity index (χ1v) is 33.8. The Labute approximate surface area is 568 Å². The number of likely N-dealkylation sites (N-methyl/N-ethyl adjacent to an activating group) is 1. The van der Waals surface area contributed by atoms with Gasteiger partial charge in [0.05, 0.1) is 25.3 Å². The van der Waals surface area contributed by atoms with Gasteiger partial charge in [0.1, 0.15) is 48.3 Å². The summed E-state index contributed by atoms with van der Waals surface area (Å²) in [5, 5.41) is 29.5. The highest BCUT2D eigenvalue weighted by Gasteiger charge is 2.41. The molecule has 4 unspecified atom stereocenters. The number of aliphatic carboxylic acids is 1. The van der Waals surface area contributed by atoms with Crippen LogP contribution in [0.3, 0.4) is 0 Å². The fourth-order valence-corrected chi connectivity index (χ4v) is 11.0. The number of benzene rings is 1. The van der Waals surface area contributed by atoms with Crippen molar-refractivity contribution in [3.8, 4) is 0 Å². The number of Topliss-reactive ketones (excluding diaryl/α,β-unsaturated/α-hetero) is 2. The van der Waals surface area contributed by atoms with E-state index < -0.39 is 102 Å². The van der Waals surface area contributed by atoms with Crippen LogP contribution in [0.25, 0.3) is 0 Å². The number of carboxylic acids is 1. The first kappa shape index (κ1) is 84.3. The molecule has 538 valence electrons. The molecule has 0 saturated heterocycles. The van der Waals surface area contributed by atoms with Gasteiger partial charge in [-0.25, -0.2) is 4.98 Å². The van der Waals surface area contributed by atoms with E-state index in [1.54, 1.807) is 63.9 Å². The lowest BCUT2D eigenvalue weighted by molar-refractivity contribution is -0.150. The molecule has 0 bridgehead atoms. The Morgan fingerprint density at radius 3 is 1.91 bits per heavy atom. The van der Waals surface area contributed by atoms with Crippen molar-refractivity contribution in [1.82, 2.24) is 52.0 Å². The van der Waals surface area contributed by atoms with Crippen LogP contribution in [0.5, 0.6) is 0 Å². The Kier molecular flexibility index (Phi) is 39.4. The Morgan fingerprint density at radius 2 is 1.32 bits per heavy atom. The van der Waals surface area contributed by atoms with Gasteiger partial charge < -0.3 is 66.2 Å². The highest BCUT2D eigenvalue weighted by atomic mass is 32.1. The normalized spacial score (nSPS) is 13.9. The van der Waals surface area contributed by atoms with Crippen molar-refractivity contribution in [3.63, 3.8) is 0 Å². The monoisotopic (exact) mass is 1370 g/mol. The molecule has 8 atom stereocenters. The number of nitrogens with zero attached hydrogens (tertiary/aromatic N) is 3. The molecule has 1 aromatic carbocycles. The second kappa shape index (κ2) is 44.9. The summed E-state index contributed by atoms with van der Waals surface area (Å²) >= 11 is 1.14. The summed E-state index contributed by atoms with van der Waals surface area (Å²) in [7, 11) is 3.28. The van der Waals surface area contributed by atoms with Gasteiger partial charge in [-0.05, 0) is 84.2 Å². The average molecular weight is 1370 g/mol. The van der Waals surface area contributed by atoms with E-state index in [1.807, 2.05) is 58.9 Å². The summed E-state index contributed by atoms with van der Waals surface area (Å²) < 4.78 is 21.4. The number of hydrogen-bond acceptors (Lipinski definition) is 20. The van der Waals surface area contributed by atoms with E-state index in [9.17, 15) is 62.3 Å². The fourth-order valence-electron chi connectivity index (χ4n) is 10.1. The highest BCUT2D eigenvalue weighted by Crippen LogP contribution is 2.33. The molecule has 96 heavy (non-hydrogen) atoms. The number of esters is 1. The number of thiazole rings is 1. The molecular formula is C67H106N10O18S. The van der Waals surface area contributed by atoms with Crippen LogP contribution >= 0.6 is 11.3 Å². The third-order valence-corrected chi connectivity index (χ3v) is 17.4. The van der Waals surface area contributed by atoms with Crippen molar-refractivity contribution in [2.45, 2.75) is 189 Å². The second-order valence-electron chi connectivity index (χ2n) is 25.1. The predicted molar refractivity (Wildman–Crippen MR) is 358 cm³/mol. The third-order valence-electron chi connectivity index (χ3n) is 16.4. The number of carbonyl (C=O) groups is 13. The summed E-state index contributed by atoms with van der Waals surface area (Å²) in [6.45, 7) is 19.7. The lowest BCUT2D eigenvalue weighted by atomic mass is 9.81. The molecule has 0 aliphatic rings. The first-order chi connectivity index (χ1) is 45.3. The SMILES string of the molecule is CCC(=O)NCCCCC(NC(=O)C(C)CC(=O)CN(C)C(C)(C)C(=O)C[C@H](C(=O)N(C)[C@H](C[C@@H](OC(C)=O)c1nc(C(=O)N[C@@H](Cc2ccc(C)cc2)CC(C)OC=O)cs1)C(C)C)C(C)CC)C(=O)NCCCNC(=O)COCCNC(=O)COCCNC(=O)CC(=O)O. The van der Waals surface area contributed by atoms with E-state index >= 15 is 0 Å². The van der Waals surface area contributed by atoms with Crippen LogP contribution in [0.15, 0.2) is 29.6 Å². The Hall–Kier alpha value is -7.76. The summed E-state index contributed by atoms with van der Waals surface area (Å²) in [6.07, 6.45) is 0.822. The van der Waals surface area contributed by atoms with Crippen LogP contribution in [0.1, 0.15) is 173 Å². The topological polar surface area (TPSA) is 383 Å². The molecule has 0 spiro atoms. The van der Waals surface area contributed by atoms with Gasteiger partial charge in [0, 0.05) is 108 Å². The quantitative estimate of drug-likeness (QED) is 0.0203. The van der Waals surface area contributed by atoms with Gasteiger partial charge in [0.15, 0.2) is 11.9 Å². The molecule has 0 aliphatic heterocycles. The van der Waals surface area contributed by atoms with Gasteiger partial charge >= 0.3 is 11.9 Å². The minimum absolute atomic E-state index is 0.0105. The van der Waals surface area contributed by atoms with Crippen LogP contribution in [0, 0.1) is 30.6 Å². The van der Waals surface area contributed by atoms with Crippen LogP contribution in [-0.4, -0.2) is 207 Å². The van der Waals surface area contributed by atoms with Crippen molar-refractivity contribution in [2.24, 2.45) is 23.7 Å². The molecule has 2 rings (SSSR count). The number of ketones is 2. The van der Waals surface area contributed by atoms with Crippen molar-refractivity contribution in [3.05, 3.63) is 51.5 Å². The molecule has 1 aromatic heterocycles. The molecule has 28 nitrogen and oxygen atoms in total. The number of rotatable bonds is 50. The van der Waals surface area contributed by atoms with E-state index in [-0.39, 0.29) is 126 Å². The number of amides is 8. The van der Waals surface area contributed by atoms with Crippen molar-refractivity contribution < 1.29 is 86.4 Å². The molecule has 0 saturated carbocycles. The van der Waals surface area contributed by atoms with Gasteiger partial charge in [-0.3, -0.25) is 67.2 Å². The maximum atomic E-state index is 14.8. The number of carbonyl (C=O) groups excluding carboxylic acids is 12. The zero-order valence-corrected chi connectivity index (χ0v) is 59.2. The molecule has 2 aromatic rings. The standard InChI is InChI=1S/C67H106N10O18S/c1-14-44(6)51(66(91)77(13)54(42(3)4)35-55(95-47(9)79)65-75-53(40-96-65)64(90)73-49(32-46(8)94-41-78)33-48-22-20-43(5)21-23-48)34-56(81)67(10,11)76(12)37-50(80)31-45(7)62(88)74-52(19-16-17-24-68-57(82)15-2)63(89)72-26-18-25-69-59(84)38-93-30-28-71-60(85)39-92-29-27-70-58(83)36-61(86)87/h20-23,40-42,44-46,49,51-52,54-55H,14-19,24-39H2,1-13H3,(H,68,82)(H,69,84)(H,70,83)(H,71,85)(H,72,89)(H,73,90)(H,74,88)(H,86,87)/t44?,45?,46?,49-,51+,52?,54-,55-/m1/s1. The lowest BCUT2D eigenvalue weighted by Crippen LogP contribution is -2.52. The zero-order chi connectivity index (χ0) is 72.1. The van der Waals surface area contributed by atoms with Gasteiger partial charge in [0.25, 0.3) is 12.4 Å². The van der Waals surface area contributed by atoms with Crippen molar-refractivity contribution in [1.29, 1.82) is 0 Å². The van der Waals surface area contributed by atoms with E-state index in [0.29, 0.717) is 63.0 Å². The lowest BCUT2D eigenvalue weighted by Gasteiger charge is -2.38. The first-order valence-electron chi connectivity index (χ1n) is 33.0. The molecule has 1 heterocycles. The molecule has 29 heteroatoms. The number of aryl methyl sites for hydroxylation is 1. The van der Waals surface area contributed by atoms with E-state index in [1.165, 1.54) is 6.92 Å². The van der Waals surface area contributed by atoms with Crippen LogP contribution in [-0.2, 0) is 82.9 Å². The van der Waals surface area contributed by atoms with E-state index in [0.717, 1.165) is 22.5 Å². The van der Waals surface area contributed by atoms with Gasteiger partial charge in [-0.2, -0.15) is 0 Å². The number of hydrogen-bond donors (Lipinski definition) is 8. The Balaban J connectivity index is 2.07. The summed E-state index contributed by atoms with van der Waals surface area (Å²) in [5.41, 5.74) is 0.895. The number of carboxylic acid groups (broad SMARTS) is 1. The van der Waals surface area contributed by atoms with Crippen LogP contribution < -0.4 is 37.2 Å². The predicted octanol–water partition coefficient (Wildman–Crippen LogP) is 3.69. The second-order valence-corrected chi connectivity index (χ2v) is 26.0. The van der Waals surface area contributed by atoms with Crippen LogP contribution in [0.2, 0.25) is 0 Å². The molecule has 0 fully saturated rings. The fraction of sp³-hybridized carbons (Fsp3) is 0.672. The maximum absolute atomic E-state index is 14.8. The summed E-state index contributed by atoms with van der Waals surface area (Å²) in [4.78, 5) is 174. The minimum atomic E-state index is -1.27. The van der Waals surface area contributed by atoms with Crippen molar-refractivity contribution in [2.75, 3.05) is 79.8 Å². The van der Waals surface area contributed by atoms with Crippen molar-refractivity contribution >= 4 is 88.6 Å². The number of aromatic nitrogens is 1. The molecular weight excluding hydrogens is 1260 g/mol. The van der Waals surface area contributed by atoms with Crippen LogP contribution in [0.4, 0.5) is 0 Å². The number of nitrogens with one attached hydrogen (secondary N) is 7. The van der Waals surface area contributed by atoms with E-state index in [4.69, 9.17) is 24.1 Å². The van der Waals surface area contributed by atoms with E-state index in [2.05, 4.69) is 42.2 Å². The summed E-state index contributed by atoms with van der Waals surface area (Å²) in [5.74, 6) is -8.13. The average Bonchev–Trinajstić information content (AvgIpc) is 1.28. The molecule has 8 N–H and O–H groups in total. The Bertz CT molecular complexity index is 2850. The van der Waals surface area contributed by atoms with Gasteiger partial charge in [-0.15, -0.1) is 11.3 Å². The largest absolute Gasteiger partial charge is 0.481 e. The molecule has 8 amide bonds.